The van der Waals surface area contributed by atoms with Gasteiger partial charge in [-0.05, 0) is 19.1 Å². The smallest absolute Gasteiger partial charge is 0.189 e. The minimum Gasteiger partial charge on any atom is -0.466 e. The third-order valence-corrected chi connectivity index (χ3v) is 2.57. The van der Waals surface area contributed by atoms with Gasteiger partial charge in [-0.1, -0.05) is 11.6 Å². The van der Waals surface area contributed by atoms with Gasteiger partial charge in [-0.15, -0.1) is 0 Å². The zero-order valence-corrected chi connectivity index (χ0v) is 9.58. The summed E-state index contributed by atoms with van der Waals surface area (Å²) in [4.78, 5) is 11.9. The molecule has 1 aromatic carbocycles. The summed E-state index contributed by atoms with van der Waals surface area (Å²) in [7, 11) is 0. The van der Waals surface area contributed by atoms with Crippen molar-refractivity contribution in [1.82, 2.24) is 0 Å². The molecule has 0 radical (unpaired) electrons. The predicted molar refractivity (Wildman–Crippen MR) is 59.7 cm³/mol. The van der Waals surface area contributed by atoms with Crippen molar-refractivity contribution in [3.8, 4) is 5.75 Å². The topological polar surface area (TPSA) is 61.6 Å². The lowest BCUT2D eigenvalue weighted by Gasteiger charge is -2.21. The Balaban J connectivity index is 2.51. The Labute approximate surface area is 98.3 Å². The second-order valence-electron chi connectivity index (χ2n) is 3.71. The first kappa shape index (κ1) is 11.4. The van der Waals surface area contributed by atoms with Gasteiger partial charge in [0.25, 0.3) is 0 Å². The van der Waals surface area contributed by atoms with Gasteiger partial charge in [0, 0.05) is 10.6 Å². The Hall–Kier alpha value is -1.10. The van der Waals surface area contributed by atoms with Crippen molar-refractivity contribution >= 4 is 17.4 Å². The van der Waals surface area contributed by atoms with E-state index in [1.54, 1.807) is 19.1 Å². The highest BCUT2D eigenvalue weighted by molar-refractivity contribution is 6.31. The molecule has 0 fully saturated rings. The SMILES string of the molecule is CC(N)C(=O)c1cc(Cl)cc2c1OCOC2. The van der Waals surface area contributed by atoms with Gasteiger partial charge in [0.2, 0.25) is 0 Å². The number of benzene rings is 1. The van der Waals surface area contributed by atoms with Crippen LogP contribution in [0.15, 0.2) is 12.1 Å². The number of Topliss-reactive ketones (excluding diaryl/α,β-unsaturated/α-hetero) is 1. The maximum absolute atomic E-state index is 11.9. The van der Waals surface area contributed by atoms with E-state index < -0.39 is 6.04 Å². The van der Waals surface area contributed by atoms with Crippen LogP contribution in [-0.2, 0) is 11.3 Å². The van der Waals surface area contributed by atoms with Crippen molar-refractivity contribution < 1.29 is 14.3 Å². The molecule has 0 bridgehead atoms. The average molecular weight is 242 g/mol. The van der Waals surface area contributed by atoms with Crippen LogP contribution in [0.1, 0.15) is 22.8 Å². The van der Waals surface area contributed by atoms with Gasteiger partial charge in [-0.3, -0.25) is 4.79 Å². The number of carbonyl (C=O) groups is 1. The molecule has 0 spiro atoms. The third-order valence-electron chi connectivity index (χ3n) is 2.35. The van der Waals surface area contributed by atoms with Gasteiger partial charge in [-0.25, -0.2) is 0 Å². The highest BCUT2D eigenvalue weighted by atomic mass is 35.5. The van der Waals surface area contributed by atoms with Crippen LogP contribution >= 0.6 is 11.6 Å². The number of hydrogen-bond acceptors (Lipinski definition) is 4. The van der Waals surface area contributed by atoms with Crippen molar-refractivity contribution in [3.63, 3.8) is 0 Å². The molecule has 1 aliphatic heterocycles. The first-order chi connectivity index (χ1) is 7.59. The molecule has 0 amide bonds. The third kappa shape index (κ3) is 2.04. The highest BCUT2D eigenvalue weighted by Gasteiger charge is 2.22. The number of ether oxygens (including phenoxy) is 2. The van der Waals surface area contributed by atoms with Gasteiger partial charge in [0.05, 0.1) is 18.2 Å². The summed E-state index contributed by atoms with van der Waals surface area (Å²) in [6.07, 6.45) is 0. The molecule has 5 heteroatoms. The van der Waals surface area contributed by atoms with Gasteiger partial charge >= 0.3 is 0 Å². The summed E-state index contributed by atoms with van der Waals surface area (Å²) in [5.41, 5.74) is 6.78. The van der Waals surface area contributed by atoms with E-state index in [0.29, 0.717) is 22.9 Å². The molecule has 1 atom stereocenters. The number of halogens is 1. The molecule has 2 rings (SSSR count). The summed E-state index contributed by atoms with van der Waals surface area (Å²) in [6.45, 7) is 2.18. The summed E-state index contributed by atoms with van der Waals surface area (Å²) in [6, 6.07) is 2.74. The van der Waals surface area contributed by atoms with Gasteiger partial charge in [0.1, 0.15) is 5.75 Å². The summed E-state index contributed by atoms with van der Waals surface area (Å²) < 4.78 is 10.4. The molecule has 0 aliphatic carbocycles. The fourth-order valence-electron chi connectivity index (χ4n) is 1.61. The molecule has 2 N–H and O–H groups in total. The molecule has 1 aliphatic rings. The Bertz CT molecular complexity index is 431. The van der Waals surface area contributed by atoms with Crippen LogP contribution in [0.5, 0.6) is 5.75 Å². The van der Waals surface area contributed by atoms with Crippen LogP contribution in [0, 0.1) is 0 Å². The Morgan fingerprint density at radius 1 is 1.56 bits per heavy atom. The van der Waals surface area contributed by atoms with E-state index in [1.807, 2.05) is 0 Å². The van der Waals surface area contributed by atoms with Crippen molar-refractivity contribution in [1.29, 1.82) is 0 Å². The normalized spacial score (nSPS) is 16.2. The first-order valence-electron chi connectivity index (χ1n) is 4.92. The van der Waals surface area contributed by atoms with Crippen molar-refractivity contribution in [2.75, 3.05) is 6.79 Å². The molecule has 1 heterocycles. The fourth-order valence-corrected chi connectivity index (χ4v) is 1.85. The number of ketones is 1. The molecular formula is C11H12ClNO3. The molecule has 86 valence electrons. The second-order valence-corrected chi connectivity index (χ2v) is 4.14. The number of nitrogens with two attached hydrogens (primary N) is 1. The maximum Gasteiger partial charge on any atom is 0.189 e. The van der Waals surface area contributed by atoms with Crippen molar-refractivity contribution in [2.24, 2.45) is 5.73 Å². The number of rotatable bonds is 2. The lowest BCUT2D eigenvalue weighted by atomic mass is 10.0. The summed E-state index contributed by atoms with van der Waals surface area (Å²) >= 11 is 5.93. The van der Waals surface area contributed by atoms with E-state index in [2.05, 4.69) is 0 Å². The van der Waals surface area contributed by atoms with Crippen LogP contribution in [0.4, 0.5) is 0 Å². The van der Waals surface area contributed by atoms with Crippen molar-refractivity contribution in [3.05, 3.63) is 28.3 Å². The Morgan fingerprint density at radius 3 is 3.00 bits per heavy atom. The van der Waals surface area contributed by atoms with Crippen molar-refractivity contribution in [2.45, 2.75) is 19.6 Å². The van der Waals surface area contributed by atoms with Gasteiger partial charge < -0.3 is 15.2 Å². The van der Waals surface area contributed by atoms with E-state index in [1.165, 1.54) is 0 Å². The molecule has 1 aromatic rings. The fraction of sp³-hybridized carbons (Fsp3) is 0.364. The van der Waals surface area contributed by atoms with E-state index in [4.69, 9.17) is 26.8 Å². The van der Waals surface area contributed by atoms with Crippen LogP contribution in [0.25, 0.3) is 0 Å². The van der Waals surface area contributed by atoms with E-state index in [-0.39, 0.29) is 12.6 Å². The van der Waals surface area contributed by atoms with Gasteiger partial charge in [0.15, 0.2) is 12.6 Å². The summed E-state index contributed by atoms with van der Waals surface area (Å²) in [5.74, 6) is 0.360. The molecule has 0 aromatic heterocycles. The van der Waals surface area contributed by atoms with E-state index in [9.17, 15) is 4.79 Å². The zero-order chi connectivity index (χ0) is 11.7. The monoisotopic (exact) mass is 241 g/mol. The number of fused-ring (bicyclic) bond motifs is 1. The quantitative estimate of drug-likeness (QED) is 0.802. The maximum atomic E-state index is 11.9. The number of hydrogen-bond donors (Lipinski definition) is 1. The van der Waals surface area contributed by atoms with Crippen LogP contribution < -0.4 is 10.5 Å². The van der Waals surface area contributed by atoms with Crippen LogP contribution in [0.2, 0.25) is 5.02 Å². The second kappa shape index (κ2) is 4.41. The van der Waals surface area contributed by atoms with Crippen LogP contribution in [-0.4, -0.2) is 18.6 Å². The standard InChI is InChI=1S/C11H12ClNO3/c1-6(13)10(14)9-3-8(12)2-7-4-15-5-16-11(7)9/h2-3,6H,4-5,13H2,1H3. The molecule has 4 nitrogen and oxygen atoms in total. The first-order valence-corrected chi connectivity index (χ1v) is 5.30. The van der Waals surface area contributed by atoms with E-state index in [0.717, 1.165) is 5.56 Å². The van der Waals surface area contributed by atoms with Gasteiger partial charge in [-0.2, -0.15) is 0 Å². The predicted octanol–water partition coefficient (Wildman–Crippen LogP) is 1.74. The lowest BCUT2D eigenvalue weighted by molar-refractivity contribution is -0.0168. The number of carbonyl (C=O) groups excluding carboxylic acids is 1. The van der Waals surface area contributed by atoms with Crippen LogP contribution in [0.3, 0.4) is 0 Å². The average Bonchev–Trinajstić information content (AvgIpc) is 2.26. The molecule has 0 saturated carbocycles. The van der Waals surface area contributed by atoms with E-state index >= 15 is 0 Å². The molecular weight excluding hydrogens is 230 g/mol. The highest BCUT2D eigenvalue weighted by Crippen LogP contribution is 2.32. The minimum atomic E-state index is -0.575. The zero-order valence-electron chi connectivity index (χ0n) is 8.83. The Kier molecular flexibility index (Phi) is 3.14. The molecule has 1 unspecified atom stereocenters. The minimum absolute atomic E-state index is 0.147. The largest absolute Gasteiger partial charge is 0.466 e. The lowest BCUT2D eigenvalue weighted by Crippen LogP contribution is -2.28. The summed E-state index contributed by atoms with van der Waals surface area (Å²) in [5, 5.41) is 0.483. The molecule has 0 saturated heterocycles. The Morgan fingerprint density at radius 2 is 2.31 bits per heavy atom. The molecule has 16 heavy (non-hydrogen) atoms.